The fourth-order valence-corrected chi connectivity index (χ4v) is 5.96. The molecular formula is C24H27Cl2F3N5O2S+. The van der Waals surface area contributed by atoms with E-state index >= 15 is 0 Å². The quantitative estimate of drug-likeness (QED) is 0.423. The van der Waals surface area contributed by atoms with Gasteiger partial charge in [-0.25, -0.2) is 9.66 Å². The van der Waals surface area contributed by atoms with Crippen LogP contribution in [0.25, 0.3) is 10.9 Å². The number of piperazine rings is 1. The van der Waals surface area contributed by atoms with Gasteiger partial charge in [-0.05, 0) is 43.8 Å². The highest BCUT2D eigenvalue weighted by molar-refractivity contribution is 8.02. The Labute approximate surface area is 223 Å². The zero-order chi connectivity index (χ0) is 27.1. The van der Waals surface area contributed by atoms with E-state index in [1.165, 1.54) is 6.07 Å². The van der Waals surface area contributed by atoms with Crippen LogP contribution in [0.1, 0.15) is 18.1 Å². The summed E-state index contributed by atoms with van der Waals surface area (Å²) < 4.78 is 56.4. The van der Waals surface area contributed by atoms with Crippen LogP contribution in [0.15, 0.2) is 40.3 Å². The number of rotatable bonds is 6. The lowest BCUT2D eigenvalue weighted by Gasteiger charge is -2.33. The zero-order valence-electron chi connectivity index (χ0n) is 20.5. The summed E-state index contributed by atoms with van der Waals surface area (Å²) in [6.07, 6.45) is -1.99. The molecule has 1 aromatic heterocycles. The Morgan fingerprint density at radius 1 is 1.14 bits per heavy atom. The fraction of sp³-hybridized carbons (Fsp3) is 0.417. The summed E-state index contributed by atoms with van der Waals surface area (Å²) in [6.45, 7) is 4.42. The molecule has 0 amide bonds. The third-order valence-electron chi connectivity index (χ3n) is 6.57. The number of aromatic nitrogens is 2. The van der Waals surface area contributed by atoms with Crippen molar-refractivity contribution in [3.05, 3.63) is 62.1 Å². The molecule has 1 fully saturated rings. The molecule has 3 aromatic rings. The SMILES string of the molecule is CC[S+](C)(=O)c1ccc(Cl)cc1Nn1cnc2c(Cl)c(CN3CCN(C)CC3)c(C(F)(F)F)cc2c1=O. The number of nitrogens with one attached hydrogen (secondary N) is 1. The van der Waals surface area contributed by atoms with Crippen molar-refractivity contribution in [2.45, 2.75) is 24.5 Å². The molecule has 2 heterocycles. The van der Waals surface area contributed by atoms with Crippen molar-refractivity contribution in [3.8, 4) is 0 Å². The topological polar surface area (TPSA) is 70.5 Å². The van der Waals surface area contributed by atoms with Crippen molar-refractivity contribution in [2.24, 2.45) is 0 Å². The van der Waals surface area contributed by atoms with Crippen molar-refractivity contribution in [3.63, 3.8) is 0 Å². The number of fused-ring (bicyclic) bond motifs is 1. The van der Waals surface area contributed by atoms with E-state index in [0.717, 1.165) is 30.2 Å². The maximum absolute atomic E-state index is 14.1. The molecule has 0 bridgehead atoms. The van der Waals surface area contributed by atoms with Crippen LogP contribution >= 0.6 is 23.2 Å². The molecule has 4 rings (SSSR count). The van der Waals surface area contributed by atoms with Crippen molar-refractivity contribution in [2.75, 3.05) is 50.7 Å². The second kappa shape index (κ2) is 10.5. The van der Waals surface area contributed by atoms with Crippen LogP contribution in [-0.2, 0) is 26.9 Å². The molecule has 13 heteroatoms. The number of anilines is 1. The molecule has 1 N–H and O–H groups in total. The van der Waals surface area contributed by atoms with Gasteiger partial charge in [0.25, 0.3) is 5.56 Å². The van der Waals surface area contributed by atoms with E-state index in [2.05, 4.69) is 15.3 Å². The molecule has 200 valence electrons. The zero-order valence-corrected chi connectivity index (χ0v) is 22.9. The Morgan fingerprint density at radius 3 is 2.43 bits per heavy atom. The van der Waals surface area contributed by atoms with E-state index in [-0.39, 0.29) is 28.0 Å². The minimum Gasteiger partial charge on any atom is -0.304 e. The summed E-state index contributed by atoms with van der Waals surface area (Å²) in [4.78, 5) is 22.0. The lowest BCUT2D eigenvalue weighted by Crippen LogP contribution is -2.44. The van der Waals surface area contributed by atoms with Crippen LogP contribution in [0, 0.1) is 0 Å². The maximum Gasteiger partial charge on any atom is 0.416 e. The van der Waals surface area contributed by atoms with Crippen LogP contribution in [0.3, 0.4) is 0 Å². The van der Waals surface area contributed by atoms with Crippen LogP contribution in [0.4, 0.5) is 18.9 Å². The molecular weight excluding hydrogens is 550 g/mol. The highest BCUT2D eigenvalue weighted by Crippen LogP contribution is 2.39. The maximum atomic E-state index is 14.1. The van der Waals surface area contributed by atoms with Gasteiger partial charge in [-0.1, -0.05) is 27.4 Å². The van der Waals surface area contributed by atoms with Gasteiger partial charge in [0.1, 0.15) is 34.0 Å². The Balaban J connectivity index is 1.81. The number of likely N-dealkylation sites (N-methyl/N-ethyl adjacent to an activating group) is 1. The predicted octanol–water partition coefficient (Wildman–Crippen LogP) is 4.85. The lowest BCUT2D eigenvalue weighted by molar-refractivity contribution is -0.138. The van der Waals surface area contributed by atoms with Gasteiger partial charge < -0.3 is 4.90 Å². The Kier molecular flexibility index (Phi) is 7.92. The molecule has 0 aliphatic carbocycles. The normalized spacial score (nSPS) is 17.2. The Morgan fingerprint density at radius 2 is 1.81 bits per heavy atom. The van der Waals surface area contributed by atoms with Crippen molar-refractivity contribution in [1.29, 1.82) is 0 Å². The third kappa shape index (κ3) is 5.80. The summed E-state index contributed by atoms with van der Waals surface area (Å²) in [5, 5.41) is -0.153. The van der Waals surface area contributed by atoms with Gasteiger partial charge in [-0.15, -0.1) is 0 Å². The monoisotopic (exact) mass is 576 g/mol. The van der Waals surface area contributed by atoms with E-state index in [1.54, 1.807) is 25.3 Å². The van der Waals surface area contributed by atoms with Gasteiger partial charge >= 0.3 is 6.18 Å². The summed E-state index contributed by atoms with van der Waals surface area (Å²) in [7, 11) is -0.505. The molecule has 37 heavy (non-hydrogen) atoms. The van der Waals surface area contributed by atoms with Crippen molar-refractivity contribution < 1.29 is 17.4 Å². The van der Waals surface area contributed by atoms with E-state index in [1.807, 2.05) is 11.9 Å². The number of halogens is 5. The van der Waals surface area contributed by atoms with Gasteiger partial charge in [0.2, 0.25) is 0 Å². The summed E-state index contributed by atoms with van der Waals surface area (Å²) >= 11 is 12.6. The molecule has 7 nitrogen and oxygen atoms in total. The molecule has 1 atom stereocenters. The van der Waals surface area contributed by atoms with Gasteiger partial charge in [0.15, 0.2) is 4.90 Å². The molecule has 1 aliphatic heterocycles. The molecule has 2 aromatic carbocycles. The molecule has 1 unspecified atom stereocenters. The molecule has 1 aliphatic rings. The number of benzene rings is 2. The Hall–Kier alpha value is -2.18. The van der Waals surface area contributed by atoms with Crippen molar-refractivity contribution in [1.82, 2.24) is 19.5 Å². The average Bonchev–Trinajstić information content (AvgIpc) is 2.83. The average molecular weight is 577 g/mol. The summed E-state index contributed by atoms with van der Waals surface area (Å²) in [5.41, 5.74) is 1.24. The highest BCUT2D eigenvalue weighted by Gasteiger charge is 2.36. The van der Waals surface area contributed by atoms with Gasteiger partial charge in [-0.3, -0.25) is 15.1 Å². The summed E-state index contributed by atoms with van der Waals surface area (Å²) in [5.74, 6) is 0.342. The minimum absolute atomic E-state index is 0.00573. The molecule has 0 spiro atoms. The first-order chi connectivity index (χ1) is 17.3. The van der Waals surface area contributed by atoms with Gasteiger partial charge in [0, 0.05) is 37.7 Å². The van der Waals surface area contributed by atoms with Gasteiger partial charge in [0.05, 0.1) is 21.5 Å². The van der Waals surface area contributed by atoms with Crippen molar-refractivity contribution >= 4 is 49.7 Å². The highest BCUT2D eigenvalue weighted by atomic mass is 35.5. The second-order valence-corrected chi connectivity index (χ2v) is 13.0. The first-order valence-corrected chi connectivity index (χ1v) is 14.4. The first kappa shape index (κ1) is 27.8. The van der Waals surface area contributed by atoms with Crippen LogP contribution in [0.5, 0.6) is 0 Å². The third-order valence-corrected chi connectivity index (χ3v) is 9.61. The van der Waals surface area contributed by atoms with E-state index < -0.39 is 27.2 Å². The van der Waals surface area contributed by atoms with Crippen LogP contribution in [0.2, 0.25) is 10.0 Å². The smallest absolute Gasteiger partial charge is 0.304 e. The number of nitrogens with zero attached hydrogens (tertiary/aromatic N) is 4. The Bertz CT molecular complexity index is 1440. The molecule has 0 radical (unpaired) electrons. The second-order valence-electron chi connectivity index (χ2n) is 9.16. The standard InChI is InChI=1S/C24H27Cl2F3N5O2S/c1-4-37(3,36)20-6-5-15(25)11-19(20)31-34-14-30-22-16(23(34)35)12-18(24(27,28)29)17(21(22)26)13-33-9-7-32(2)8-10-33/h5-6,11-12,14,31H,4,7-10,13H2,1-3H3/q+1. The summed E-state index contributed by atoms with van der Waals surface area (Å²) in [6, 6.07) is 5.49. The lowest BCUT2D eigenvalue weighted by atomic mass is 10.0. The minimum atomic E-state index is -4.73. The van der Waals surface area contributed by atoms with E-state index in [9.17, 15) is 22.2 Å². The molecule has 0 saturated carbocycles. The van der Waals surface area contributed by atoms with Crippen LogP contribution < -0.4 is 11.0 Å². The van der Waals surface area contributed by atoms with Gasteiger partial charge in [-0.2, -0.15) is 13.2 Å². The van der Waals surface area contributed by atoms with Crippen LogP contribution in [-0.4, -0.2) is 64.7 Å². The predicted molar refractivity (Wildman–Crippen MR) is 142 cm³/mol. The molecule has 1 saturated heterocycles. The van der Waals surface area contributed by atoms with E-state index in [0.29, 0.717) is 34.4 Å². The van der Waals surface area contributed by atoms with E-state index in [4.69, 9.17) is 23.2 Å². The number of hydrogen-bond donors (Lipinski definition) is 1. The first-order valence-electron chi connectivity index (χ1n) is 11.6. The number of hydrogen-bond acceptors (Lipinski definition) is 6. The number of alkyl halides is 3. The largest absolute Gasteiger partial charge is 0.416 e. The fourth-order valence-electron chi connectivity index (χ4n) is 4.23.